The first-order valence-electron chi connectivity index (χ1n) is 13.6. The number of hydrogen-bond acceptors (Lipinski definition) is 6. The molecule has 0 radical (unpaired) electrons. The van der Waals surface area contributed by atoms with E-state index in [2.05, 4.69) is 5.32 Å². The number of ether oxygens (including phenoxy) is 2. The molecule has 1 aliphatic heterocycles. The number of nitrogens with one attached hydrogen (secondary N) is 1. The van der Waals surface area contributed by atoms with Crippen LogP contribution in [0.5, 0.6) is 11.5 Å². The number of carbonyl (C=O) groups excluding carboxylic acids is 2. The lowest BCUT2D eigenvalue weighted by Crippen LogP contribution is -2.54. The highest BCUT2D eigenvalue weighted by molar-refractivity contribution is 7.92. The average Bonchev–Trinajstić information content (AvgIpc) is 3.41. The van der Waals surface area contributed by atoms with Crippen LogP contribution >= 0.6 is 0 Å². The molecule has 3 aromatic rings. The molecule has 0 saturated carbocycles. The summed E-state index contributed by atoms with van der Waals surface area (Å²) in [6.45, 7) is 5.51. The van der Waals surface area contributed by atoms with Crippen LogP contribution in [0, 0.1) is 6.92 Å². The molecule has 2 atom stereocenters. The van der Waals surface area contributed by atoms with Crippen LogP contribution in [0.25, 0.3) is 0 Å². The van der Waals surface area contributed by atoms with Gasteiger partial charge >= 0.3 is 0 Å². The van der Waals surface area contributed by atoms with Gasteiger partial charge in [-0.1, -0.05) is 67.1 Å². The zero-order valence-corrected chi connectivity index (χ0v) is 24.7. The Morgan fingerprint density at radius 1 is 0.951 bits per heavy atom. The monoisotopic (exact) mass is 579 g/mol. The number of sulfonamides is 1. The summed E-state index contributed by atoms with van der Waals surface area (Å²) in [6.07, 6.45) is 2.04. The number of hydrogen-bond donors (Lipinski definition) is 1. The summed E-state index contributed by atoms with van der Waals surface area (Å²) < 4.78 is 37.8. The molecule has 0 saturated heterocycles. The van der Waals surface area contributed by atoms with Crippen LogP contribution in [0.3, 0.4) is 0 Å². The van der Waals surface area contributed by atoms with Crippen LogP contribution in [0.4, 0.5) is 5.69 Å². The third-order valence-corrected chi connectivity index (χ3v) is 8.17. The Balaban J connectivity index is 1.73. The van der Waals surface area contributed by atoms with Gasteiger partial charge in [0.15, 0.2) is 11.5 Å². The lowest BCUT2D eigenvalue weighted by Gasteiger charge is -2.34. The van der Waals surface area contributed by atoms with E-state index < -0.39 is 28.5 Å². The molecule has 1 aliphatic rings. The van der Waals surface area contributed by atoms with Crippen LogP contribution in [0.1, 0.15) is 37.0 Å². The fraction of sp³-hybridized carbons (Fsp3) is 0.355. The van der Waals surface area contributed by atoms with Crippen LogP contribution < -0.4 is 19.1 Å². The van der Waals surface area contributed by atoms with Gasteiger partial charge in [0, 0.05) is 25.1 Å². The molecular formula is C31H37N3O6S. The van der Waals surface area contributed by atoms with Crippen molar-refractivity contribution in [2.75, 3.05) is 23.9 Å². The van der Waals surface area contributed by atoms with Crippen molar-refractivity contribution in [3.63, 3.8) is 0 Å². The summed E-state index contributed by atoms with van der Waals surface area (Å²) >= 11 is 0. The summed E-state index contributed by atoms with van der Waals surface area (Å²) in [4.78, 5) is 29.4. The van der Waals surface area contributed by atoms with Gasteiger partial charge in [-0.25, -0.2) is 8.42 Å². The van der Waals surface area contributed by atoms with Crippen molar-refractivity contribution in [2.24, 2.45) is 0 Å². The maximum absolute atomic E-state index is 14.2. The molecule has 1 heterocycles. The van der Waals surface area contributed by atoms with Gasteiger partial charge in [0.25, 0.3) is 0 Å². The van der Waals surface area contributed by atoms with Crippen LogP contribution in [0.2, 0.25) is 0 Å². The van der Waals surface area contributed by atoms with E-state index in [1.54, 1.807) is 18.2 Å². The van der Waals surface area contributed by atoms with Gasteiger partial charge in [-0.15, -0.1) is 0 Å². The fourth-order valence-corrected chi connectivity index (χ4v) is 5.50. The molecule has 3 aromatic carbocycles. The van der Waals surface area contributed by atoms with Gasteiger partial charge in [-0.05, 0) is 43.5 Å². The topological polar surface area (TPSA) is 105 Å². The molecule has 0 spiro atoms. The molecule has 0 aliphatic carbocycles. The number of aryl methyl sites for hydroxylation is 1. The minimum absolute atomic E-state index is 0.0350. The van der Waals surface area contributed by atoms with E-state index in [4.69, 9.17) is 9.47 Å². The number of benzene rings is 3. The van der Waals surface area contributed by atoms with Gasteiger partial charge in [0.2, 0.25) is 28.6 Å². The first-order chi connectivity index (χ1) is 19.5. The van der Waals surface area contributed by atoms with E-state index in [9.17, 15) is 18.0 Å². The van der Waals surface area contributed by atoms with Crippen molar-refractivity contribution < 1.29 is 27.5 Å². The third-order valence-electron chi connectivity index (χ3n) is 7.03. The van der Waals surface area contributed by atoms with Crippen molar-refractivity contribution in [1.82, 2.24) is 10.2 Å². The number of anilines is 1. The quantitative estimate of drug-likeness (QED) is 0.347. The van der Waals surface area contributed by atoms with Gasteiger partial charge < -0.3 is 19.7 Å². The van der Waals surface area contributed by atoms with E-state index in [1.807, 2.05) is 75.4 Å². The Bertz CT molecular complexity index is 1480. The molecule has 1 N–H and O–H groups in total. The molecule has 41 heavy (non-hydrogen) atoms. The van der Waals surface area contributed by atoms with Crippen LogP contribution in [-0.2, 0) is 32.6 Å². The predicted molar refractivity (Wildman–Crippen MR) is 158 cm³/mol. The fourth-order valence-electron chi connectivity index (χ4n) is 4.66. The highest BCUT2D eigenvalue weighted by Crippen LogP contribution is 2.36. The minimum atomic E-state index is -3.88. The van der Waals surface area contributed by atoms with E-state index in [-0.39, 0.29) is 37.4 Å². The second kappa shape index (κ2) is 13.1. The lowest BCUT2D eigenvalue weighted by atomic mass is 10.0. The molecular weight excluding hydrogens is 542 g/mol. The van der Waals surface area contributed by atoms with Crippen molar-refractivity contribution in [3.05, 3.63) is 89.5 Å². The maximum atomic E-state index is 14.2. The molecule has 2 unspecified atom stereocenters. The molecule has 0 fully saturated rings. The molecule has 218 valence electrons. The van der Waals surface area contributed by atoms with E-state index >= 15 is 0 Å². The summed E-state index contributed by atoms with van der Waals surface area (Å²) in [6, 6.07) is 20.9. The second-order valence-corrected chi connectivity index (χ2v) is 12.2. The normalized spacial score (nSPS) is 13.8. The van der Waals surface area contributed by atoms with Gasteiger partial charge in [0.1, 0.15) is 12.6 Å². The Kier molecular flexibility index (Phi) is 9.54. The maximum Gasteiger partial charge on any atom is 0.244 e. The predicted octanol–water partition coefficient (Wildman–Crippen LogP) is 4.04. The first kappa shape index (κ1) is 29.9. The number of fused-ring (bicyclic) bond motifs is 1. The zero-order valence-electron chi connectivity index (χ0n) is 23.9. The summed E-state index contributed by atoms with van der Waals surface area (Å²) in [5.41, 5.74) is 3.00. The molecule has 0 bridgehead atoms. The Morgan fingerprint density at radius 3 is 2.34 bits per heavy atom. The van der Waals surface area contributed by atoms with Crippen molar-refractivity contribution in [2.45, 2.75) is 52.2 Å². The summed E-state index contributed by atoms with van der Waals surface area (Å²) in [5, 5.41) is 3.03. The second-order valence-electron chi connectivity index (χ2n) is 10.3. The van der Waals surface area contributed by atoms with Crippen LogP contribution in [0.15, 0.2) is 72.8 Å². The highest BCUT2D eigenvalue weighted by Gasteiger charge is 2.33. The average molecular weight is 580 g/mol. The Morgan fingerprint density at radius 2 is 1.66 bits per heavy atom. The Labute approximate surface area is 242 Å². The molecule has 2 amide bonds. The number of amides is 2. The largest absolute Gasteiger partial charge is 0.454 e. The molecule has 10 heteroatoms. The summed E-state index contributed by atoms with van der Waals surface area (Å²) in [7, 11) is -3.88. The lowest BCUT2D eigenvalue weighted by molar-refractivity contribution is -0.140. The molecule has 4 rings (SSSR count). The van der Waals surface area contributed by atoms with Crippen molar-refractivity contribution in [1.29, 1.82) is 0 Å². The third kappa shape index (κ3) is 7.79. The van der Waals surface area contributed by atoms with Crippen molar-refractivity contribution in [3.8, 4) is 11.5 Å². The highest BCUT2D eigenvalue weighted by atomic mass is 32.2. The Hall–Kier alpha value is -4.05. The first-order valence-corrected chi connectivity index (χ1v) is 15.5. The summed E-state index contributed by atoms with van der Waals surface area (Å²) in [5.74, 6) is 0.0994. The van der Waals surface area contributed by atoms with Gasteiger partial charge in [0.05, 0.1) is 11.9 Å². The van der Waals surface area contributed by atoms with E-state index in [0.717, 1.165) is 33.7 Å². The molecule has 9 nitrogen and oxygen atoms in total. The standard InChI is InChI=1S/C31H37N3O6S/c1-5-23(3)32-31(36)27(17-24-11-7-6-8-12-24)33(19-25-13-9-10-22(2)16-25)30(35)20-34(41(4,37)38)26-14-15-28-29(18-26)40-21-39-28/h6-16,18,23,27H,5,17,19-21H2,1-4H3,(H,32,36). The van der Waals surface area contributed by atoms with Crippen LogP contribution in [-0.4, -0.2) is 56.8 Å². The van der Waals surface area contributed by atoms with Gasteiger partial charge in [-0.3, -0.25) is 13.9 Å². The zero-order chi connectivity index (χ0) is 29.6. The number of rotatable bonds is 12. The SMILES string of the molecule is CCC(C)NC(=O)C(Cc1ccccc1)N(Cc1cccc(C)c1)C(=O)CN(c1ccc2c(c1)OCO2)S(C)(=O)=O. The number of carbonyl (C=O) groups is 2. The van der Waals surface area contributed by atoms with E-state index in [1.165, 1.54) is 4.90 Å². The van der Waals surface area contributed by atoms with Crippen molar-refractivity contribution >= 4 is 27.5 Å². The minimum Gasteiger partial charge on any atom is -0.454 e. The van der Waals surface area contributed by atoms with E-state index in [0.29, 0.717) is 11.5 Å². The van der Waals surface area contributed by atoms with Gasteiger partial charge in [-0.2, -0.15) is 0 Å². The number of nitrogens with zero attached hydrogens (tertiary/aromatic N) is 2. The smallest absolute Gasteiger partial charge is 0.244 e. The molecule has 0 aromatic heterocycles.